The number of hydrogen-bond acceptors (Lipinski definition) is 3. The molecule has 3 rings (SSSR count). The summed E-state index contributed by atoms with van der Waals surface area (Å²) < 4.78 is 7.85. The van der Waals surface area contributed by atoms with Crippen molar-refractivity contribution in [1.29, 1.82) is 0 Å². The van der Waals surface area contributed by atoms with E-state index in [4.69, 9.17) is 4.74 Å². The summed E-state index contributed by atoms with van der Waals surface area (Å²) in [5.41, 5.74) is 1.56. The third-order valence-electron chi connectivity index (χ3n) is 3.34. The number of ether oxygens (including phenoxy) is 1. The molecule has 0 bridgehead atoms. The van der Waals surface area contributed by atoms with Gasteiger partial charge in [0.2, 0.25) is 0 Å². The number of aromatic nitrogens is 2. The molecule has 22 heavy (non-hydrogen) atoms. The fourth-order valence-electron chi connectivity index (χ4n) is 2.20. The van der Waals surface area contributed by atoms with E-state index < -0.39 is 0 Å². The first-order chi connectivity index (χ1) is 10.7. The SMILES string of the molecule is COc1ccc(C(=O)NCc2ncc3ccccn23)cc1Br. The first-order valence-electron chi connectivity index (χ1n) is 6.72. The summed E-state index contributed by atoms with van der Waals surface area (Å²) in [5, 5.41) is 2.87. The predicted octanol–water partition coefficient (Wildman–Crippen LogP) is 3.04. The average molecular weight is 360 g/mol. The lowest BCUT2D eigenvalue weighted by Crippen LogP contribution is -2.24. The first kappa shape index (κ1) is 14.6. The van der Waals surface area contributed by atoms with Crippen LogP contribution in [-0.4, -0.2) is 22.4 Å². The second-order valence-corrected chi connectivity index (χ2v) is 5.56. The summed E-state index contributed by atoms with van der Waals surface area (Å²) in [5.74, 6) is 1.32. The molecule has 5 nitrogen and oxygen atoms in total. The molecule has 3 aromatic rings. The lowest BCUT2D eigenvalue weighted by molar-refractivity contribution is 0.0949. The van der Waals surface area contributed by atoms with Gasteiger partial charge in [-0.25, -0.2) is 4.98 Å². The van der Waals surface area contributed by atoms with E-state index in [0.29, 0.717) is 17.9 Å². The van der Waals surface area contributed by atoms with Crippen LogP contribution in [0.1, 0.15) is 16.2 Å². The summed E-state index contributed by atoms with van der Waals surface area (Å²) in [6.45, 7) is 0.362. The number of benzene rings is 1. The fourth-order valence-corrected chi connectivity index (χ4v) is 2.74. The fraction of sp³-hybridized carbons (Fsp3) is 0.125. The maximum absolute atomic E-state index is 12.2. The molecule has 0 spiro atoms. The molecule has 0 saturated carbocycles. The van der Waals surface area contributed by atoms with Crippen molar-refractivity contribution in [3.05, 3.63) is 64.7 Å². The zero-order valence-electron chi connectivity index (χ0n) is 11.9. The van der Waals surface area contributed by atoms with Gasteiger partial charge in [0.05, 0.1) is 29.8 Å². The highest BCUT2D eigenvalue weighted by Crippen LogP contribution is 2.25. The summed E-state index contributed by atoms with van der Waals surface area (Å²) in [7, 11) is 1.59. The van der Waals surface area contributed by atoms with Crippen LogP contribution in [0.4, 0.5) is 0 Å². The molecule has 2 aromatic heterocycles. The minimum atomic E-state index is -0.156. The molecule has 1 aromatic carbocycles. The zero-order chi connectivity index (χ0) is 15.5. The number of carbonyl (C=O) groups excluding carboxylic acids is 1. The number of halogens is 1. The Hall–Kier alpha value is -2.34. The van der Waals surface area contributed by atoms with Gasteiger partial charge in [-0.1, -0.05) is 6.07 Å². The van der Waals surface area contributed by atoms with E-state index in [0.717, 1.165) is 15.8 Å². The molecule has 2 heterocycles. The molecule has 0 aliphatic rings. The normalized spacial score (nSPS) is 10.6. The van der Waals surface area contributed by atoms with E-state index in [-0.39, 0.29) is 5.91 Å². The van der Waals surface area contributed by atoms with Gasteiger partial charge in [0, 0.05) is 11.8 Å². The minimum absolute atomic E-state index is 0.156. The quantitative estimate of drug-likeness (QED) is 0.778. The van der Waals surface area contributed by atoms with Gasteiger partial charge < -0.3 is 14.5 Å². The van der Waals surface area contributed by atoms with Gasteiger partial charge in [-0.3, -0.25) is 4.79 Å². The molecule has 0 aliphatic heterocycles. The molecule has 0 radical (unpaired) electrons. The highest BCUT2D eigenvalue weighted by atomic mass is 79.9. The average Bonchev–Trinajstić information content (AvgIpc) is 2.95. The molecule has 112 valence electrons. The van der Waals surface area contributed by atoms with E-state index >= 15 is 0 Å². The smallest absolute Gasteiger partial charge is 0.251 e. The highest BCUT2D eigenvalue weighted by molar-refractivity contribution is 9.10. The first-order valence-corrected chi connectivity index (χ1v) is 7.51. The number of carbonyl (C=O) groups is 1. The Balaban J connectivity index is 1.73. The van der Waals surface area contributed by atoms with Crippen LogP contribution in [0.25, 0.3) is 5.52 Å². The zero-order valence-corrected chi connectivity index (χ0v) is 13.5. The topological polar surface area (TPSA) is 55.6 Å². The van der Waals surface area contributed by atoms with Crippen LogP contribution in [0.2, 0.25) is 0 Å². The van der Waals surface area contributed by atoms with E-state index in [1.165, 1.54) is 0 Å². The summed E-state index contributed by atoms with van der Waals surface area (Å²) in [6.07, 6.45) is 3.71. The van der Waals surface area contributed by atoms with E-state index in [1.54, 1.807) is 31.5 Å². The molecular weight excluding hydrogens is 346 g/mol. The van der Waals surface area contributed by atoms with Crippen molar-refractivity contribution in [1.82, 2.24) is 14.7 Å². The number of nitrogens with zero attached hydrogens (tertiary/aromatic N) is 2. The Bertz CT molecular complexity index is 829. The van der Waals surface area contributed by atoms with Gasteiger partial charge in [-0.2, -0.15) is 0 Å². The number of methoxy groups -OCH3 is 1. The number of rotatable bonds is 4. The molecule has 1 amide bonds. The predicted molar refractivity (Wildman–Crippen MR) is 87.1 cm³/mol. The molecule has 0 saturated heterocycles. The van der Waals surface area contributed by atoms with Gasteiger partial charge in [0.15, 0.2) is 0 Å². The summed E-state index contributed by atoms with van der Waals surface area (Å²) >= 11 is 3.38. The van der Waals surface area contributed by atoms with E-state index in [1.807, 2.05) is 28.8 Å². The Morgan fingerprint density at radius 1 is 1.36 bits per heavy atom. The Kier molecular flexibility index (Phi) is 4.11. The number of amides is 1. The second kappa shape index (κ2) is 6.19. The van der Waals surface area contributed by atoms with Crippen molar-refractivity contribution in [3.8, 4) is 5.75 Å². The molecule has 0 unspecified atom stereocenters. The van der Waals surface area contributed by atoms with Crippen molar-refractivity contribution in [2.75, 3.05) is 7.11 Å². The van der Waals surface area contributed by atoms with Gasteiger partial charge in [0.1, 0.15) is 11.6 Å². The van der Waals surface area contributed by atoms with E-state index in [9.17, 15) is 4.79 Å². The van der Waals surface area contributed by atoms with Crippen LogP contribution < -0.4 is 10.1 Å². The number of imidazole rings is 1. The molecule has 1 N–H and O–H groups in total. The third-order valence-corrected chi connectivity index (χ3v) is 3.96. The maximum atomic E-state index is 12.2. The summed E-state index contributed by atoms with van der Waals surface area (Å²) in [4.78, 5) is 16.5. The van der Waals surface area contributed by atoms with Crippen LogP contribution >= 0.6 is 15.9 Å². The monoisotopic (exact) mass is 359 g/mol. The molecule has 0 atom stereocenters. The van der Waals surface area contributed by atoms with Crippen molar-refractivity contribution >= 4 is 27.4 Å². The van der Waals surface area contributed by atoms with Gasteiger partial charge in [-0.15, -0.1) is 0 Å². The largest absolute Gasteiger partial charge is 0.496 e. The van der Waals surface area contributed by atoms with Crippen molar-refractivity contribution in [2.24, 2.45) is 0 Å². The standard InChI is InChI=1S/C16H14BrN3O2/c1-22-14-6-5-11(8-13(14)17)16(21)19-10-15-18-9-12-4-2-3-7-20(12)15/h2-9H,10H2,1H3,(H,19,21). The van der Waals surface area contributed by atoms with Gasteiger partial charge in [-0.05, 0) is 46.3 Å². The van der Waals surface area contributed by atoms with Crippen LogP contribution in [0, 0.1) is 0 Å². The lowest BCUT2D eigenvalue weighted by atomic mass is 10.2. The van der Waals surface area contributed by atoms with Crippen LogP contribution in [0.5, 0.6) is 5.75 Å². The maximum Gasteiger partial charge on any atom is 0.251 e. The Labute approximate surface area is 136 Å². The summed E-state index contributed by atoms with van der Waals surface area (Å²) in [6, 6.07) is 11.1. The third kappa shape index (κ3) is 2.82. The Morgan fingerprint density at radius 3 is 3.00 bits per heavy atom. The van der Waals surface area contributed by atoms with Crippen molar-refractivity contribution in [2.45, 2.75) is 6.54 Å². The number of nitrogens with one attached hydrogen (secondary N) is 1. The van der Waals surface area contributed by atoms with Crippen LogP contribution in [0.3, 0.4) is 0 Å². The molecule has 6 heteroatoms. The van der Waals surface area contributed by atoms with Crippen LogP contribution in [-0.2, 0) is 6.54 Å². The number of fused-ring (bicyclic) bond motifs is 1. The number of pyridine rings is 1. The minimum Gasteiger partial charge on any atom is -0.496 e. The van der Waals surface area contributed by atoms with Crippen molar-refractivity contribution in [3.63, 3.8) is 0 Å². The van der Waals surface area contributed by atoms with Crippen LogP contribution in [0.15, 0.2) is 53.3 Å². The van der Waals surface area contributed by atoms with E-state index in [2.05, 4.69) is 26.2 Å². The van der Waals surface area contributed by atoms with Gasteiger partial charge in [0.25, 0.3) is 5.91 Å². The molecule has 0 aliphatic carbocycles. The number of hydrogen-bond donors (Lipinski definition) is 1. The van der Waals surface area contributed by atoms with Crippen molar-refractivity contribution < 1.29 is 9.53 Å². The lowest BCUT2D eigenvalue weighted by Gasteiger charge is -2.07. The highest BCUT2D eigenvalue weighted by Gasteiger charge is 2.10. The van der Waals surface area contributed by atoms with Gasteiger partial charge >= 0.3 is 0 Å². The Morgan fingerprint density at radius 2 is 2.23 bits per heavy atom. The second-order valence-electron chi connectivity index (χ2n) is 4.70. The molecule has 0 fully saturated rings. The molecular formula is C16H14BrN3O2.